The number of benzene rings is 2. The van der Waals surface area contributed by atoms with E-state index in [2.05, 4.69) is 15.9 Å². The van der Waals surface area contributed by atoms with Crippen LogP contribution in [0.3, 0.4) is 0 Å². The molecule has 0 aliphatic carbocycles. The molecular weight excluding hydrogens is 447 g/mol. The van der Waals surface area contributed by atoms with Crippen molar-refractivity contribution in [2.75, 3.05) is 20.1 Å². The van der Waals surface area contributed by atoms with E-state index in [0.717, 1.165) is 16.1 Å². The summed E-state index contributed by atoms with van der Waals surface area (Å²) in [6.45, 7) is 0.889. The van der Waals surface area contributed by atoms with E-state index in [4.69, 9.17) is 0 Å². The van der Waals surface area contributed by atoms with E-state index >= 15 is 0 Å². The molecule has 0 radical (unpaired) electrons. The Morgan fingerprint density at radius 3 is 2.39 bits per heavy atom. The predicted octanol–water partition coefficient (Wildman–Crippen LogP) is 3.65. The minimum atomic E-state index is -3.89. The van der Waals surface area contributed by atoms with Crippen LogP contribution < -0.4 is 0 Å². The zero-order valence-electron chi connectivity index (χ0n) is 15.5. The molecule has 1 saturated heterocycles. The molecular formula is C20H22BrFN2O3S. The first-order chi connectivity index (χ1) is 13.3. The van der Waals surface area contributed by atoms with E-state index in [1.54, 1.807) is 11.9 Å². The molecule has 0 N–H and O–H groups in total. The summed E-state index contributed by atoms with van der Waals surface area (Å²) in [7, 11) is -2.13. The minimum absolute atomic E-state index is 0.00121. The van der Waals surface area contributed by atoms with Crippen LogP contribution in [0.2, 0.25) is 0 Å². The summed E-state index contributed by atoms with van der Waals surface area (Å²) in [6, 6.07) is 13.1. The van der Waals surface area contributed by atoms with Gasteiger partial charge in [-0.15, -0.1) is 0 Å². The van der Waals surface area contributed by atoms with E-state index in [9.17, 15) is 17.6 Å². The highest BCUT2D eigenvalue weighted by molar-refractivity contribution is 9.10. The van der Waals surface area contributed by atoms with Gasteiger partial charge in [-0.1, -0.05) is 46.3 Å². The smallest absolute Gasteiger partial charge is 0.245 e. The zero-order valence-corrected chi connectivity index (χ0v) is 17.9. The number of sulfonamides is 1. The van der Waals surface area contributed by atoms with Crippen molar-refractivity contribution < 1.29 is 17.6 Å². The van der Waals surface area contributed by atoms with E-state index in [-0.39, 0.29) is 29.8 Å². The lowest BCUT2D eigenvalue weighted by atomic mass is 9.96. The first-order valence-corrected chi connectivity index (χ1v) is 11.3. The SMILES string of the molecule is CN(Cc1ccccc1Br)C(=O)C1CCN(S(=O)(=O)c2ccccc2F)CC1. The molecule has 0 aromatic heterocycles. The van der Waals surface area contributed by atoms with Gasteiger partial charge in [0.25, 0.3) is 0 Å². The molecule has 0 unspecified atom stereocenters. The van der Waals surface area contributed by atoms with E-state index < -0.39 is 15.8 Å². The van der Waals surface area contributed by atoms with Gasteiger partial charge in [0.2, 0.25) is 15.9 Å². The molecule has 0 bridgehead atoms. The second-order valence-electron chi connectivity index (χ2n) is 6.89. The summed E-state index contributed by atoms with van der Waals surface area (Å²) in [5.41, 5.74) is 1.01. The Kier molecular flexibility index (Phi) is 6.52. The van der Waals surface area contributed by atoms with Crippen molar-refractivity contribution in [3.63, 3.8) is 0 Å². The second-order valence-corrected chi connectivity index (χ2v) is 9.66. The normalized spacial score (nSPS) is 16.1. The molecule has 1 aliphatic heterocycles. The molecule has 150 valence electrons. The largest absolute Gasteiger partial charge is 0.341 e. The standard InChI is InChI=1S/C20H22BrFN2O3S/c1-23(14-16-6-2-3-7-17(16)21)20(25)15-10-12-24(13-11-15)28(26,27)19-9-5-4-8-18(19)22/h2-9,15H,10-14H2,1H3. The lowest BCUT2D eigenvalue weighted by Gasteiger charge is -2.32. The maximum Gasteiger partial charge on any atom is 0.245 e. The number of amides is 1. The highest BCUT2D eigenvalue weighted by atomic mass is 79.9. The Labute approximate surface area is 173 Å². The molecule has 1 fully saturated rings. The predicted molar refractivity (Wildman–Crippen MR) is 108 cm³/mol. The Morgan fingerprint density at radius 2 is 1.75 bits per heavy atom. The molecule has 2 aromatic rings. The summed E-state index contributed by atoms with van der Waals surface area (Å²) >= 11 is 3.49. The van der Waals surface area contributed by atoms with Gasteiger partial charge in [0.15, 0.2) is 0 Å². The van der Waals surface area contributed by atoms with Crippen molar-refractivity contribution in [2.24, 2.45) is 5.92 Å². The number of hydrogen-bond acceptors (Lipinski definition) is 3. The van der Waals surface area contributed by atoms with Crippen LogP contribution in [0.1, 0.15) is 18.4 Å². The van der Waals surface area contributed by atoms with Gasteiger partial charge in [-0.2, -0.15) is 4.31 Å². The summed E-state index contributed by atoms with van der Waals surface area (Å²) in [5, 5.41) is 0. The molecule has 28 heavy (non-hydrogen) atoms. The number of nitrogens with zero attached hydrogens (tertiary/aromatic N) is 2. The van der Waals surface area contributed by atoms with Crippen molar-refractivity contribution in [3.05, 3.63) is 64.4 Å². The Bertz CT molecular complexity index is 959. The first kappa shape index (κ1) is 21.0. The highest BCUT2D eigenvalue weighted by Gasteiger charge is 2.34. The Hall–Kier alpha value is -1.77. The van der Waals surface area contributed by atoms with Crippen molar-refractivity contribution in [3.8, 4) is 0 Å². The summed E-state index contributed by atoms with van der Waals surface area (Å²) in [6.07, 6.45) is 0.847. The molecule has 1 heterocycles. The zero-order chi connectivity index (χ0) is 20.3. The van der Waals surface area contributed by atoms with E-state index in [1.165, 1.54) is 22.5 Å². The van der Waals surface area contributed by atoms with Gasteiger partial charge in [0, 0.05) is 37.1 Å². The fourth-order valence-corrected chi connectivity index (χ4v) is 5.35. The van der Waals surface area contributed by atoms with Crippen LogP contribution in [0, 0.1) is 11.7 Å². The lowest BCUT2D eigenvalue weighted by Crippen LogP contribution is -2.43. The fourth-order valence-electron chi connectivity index (χ4n) is 3.41. The summed E-state index contributed by atoms with van der Waals surface area (Å²) in [4.78, 5) is 14.1. The topological polar surface area (TPSA) is 57.7 Å². The van der Waals surface area contributed by atoms with Crippen LogP contribution in [-0.2, 0) is 21.4 Å². The maximum atomic E-state index is 13.9. The Balaban J connectivity index is 1.62. The third-order valence-electron chi connectivity index (χ3n) is 5.00. The quantitative estimate of drug-likeness (QED) is 0.672. The average molecular weight is 469 g/mol. The van der Waals surface area contributed by atoms with Gasteiger partial charge in [0.05, 0.1) is 0 Å². The molecule has 0 saturated carbocycles. The number of rotatable bonds is 5. The average Bonchev–Trinajstić information content (AvgIpc) is 2.69. The van der Waals surface area contributed by atoms with Gasteiger partial charge in [-0.25, -0.2) is 12.8 Å². The van der Waals surface area contributed by atoms with Gasteiger partial charge in [-0.3, -0.25) is 4.79 Å². The summed E-state index contributed by atoms with van der Waals surface area (Å²) in [5.74, 6) is -0.993. The van der Waals surface area contributed by atoms with Crippen molar-refractivity contribution >= 4 is 31.9 Å². The number of hydrogen-bond donors (Lipinski definition) is 0. The molecule has 1 amide bonds. The number of halogens is 2. The molecule has 2 aromatic carbocycles. The molecule has 0 atom stereocenters. The van der Waals surface area contributed by atoms with Crippen LogP contribution in [0.25, 0.3) is 0 Å². The van der Waals surface area contributed by atoms with Gasteiger partial charge in [0.1, 0.15) is 10.7 Å². The third kappa shape index (κ3) is 4.45. The molecule has 1 aliphatic rings. The van der Waals surface area contributed by atoms with Crippen molar-refractivity contribution in [1.82, 2.24) is 9.21 Å². The molecule has 5 nitrogen and oxygen atoms in total. The number of carbonyl (C=O) groups is 1. The van der Waals surface area contributed by atoms with Crippen molar-refractivity contribution in [2.45, 2.75) is 24.3 Å². The van der Waals surface area contributed by atoms with Gasteiger partial charge in [-0.05, 0) is 36.6 Å². The van der Waals surface area contributed by atoms with Crippen LogP contribution in [-0.4, -0.2) is 43.7 Å². The van der Waals surface area contributed by atoms with Crippen LogP contribution in [0.15, 0.2) is 57.9 Å². The number of piperidine rings is 1. The minimum Gasteiger partial charge on any atom is -0.341 e. The maximum absolute atomic E-state index is 13.9. The molecule has 0 spiro atoms. The van der Waals surface area contributed by atoms with E-state index in [1.807, 2.05) is 24.3 Å². The van der Waals surface area contributed by atoms with Gasteiger partial charge < -0.3 is 4.90 Å². The molecule has 3 rings (SSSR count). The highest BCUT2D eigenvalue weighted by Crippen LogP contribution is 2.27. The van der Waals surface area contributed by atoms with Crippen LogP contribution in [0.4, 0.5) is 4.39 Å². The molecule has 8 heteroatoms. The van der Waals surface area contributed by atoms with Crippen LogP contribution in [0.5, 0.6) is 0 Å². The summed E-state index contributed by atoms with van der Waals surface area (Å²) < 4.78 is 41.5. The van der Waals surface area contributed by atoms with Crippen molar-refractivity contribution in [1.29, 1.82) is 0 Å². The van der Waals surface area contributed by atoms with Crippen LogP contribution >= 0.6 is 15.9 Å². The third-order valence-corrected chi connectivity index (χ3v) is 7.70. The fraction of sp³-hybridized carbons (Fsp3) is 0.350. The first-order valence-electron chi connectivity index (χ1n) is 9.04. The lowest BCUT2D eigenvalue weighted by molar-refractivity contribution is -0.135. The second kappa shape index (κ2) is 8.71. The Morgan fingerprint density at radius 1 is 1.14 bits per heavy atom. The monoisotopic (exact) mass is 468 g/mol. The number of carbonyl (C=O) groups excluding carboxylic acids is 1. The van der Waals surface area contributed by atoms with Gasteiger partial charge >= 0.3 is 0 Å². The van der Waals surface area contributed by atoms with E-state index in [0.29, 0.717) is 19.4 Å².